The van der Waals surface area contributed by atoms with Gasteiger partial charge in [-0.05, 0) is 51.0 Å². The zero-order chi connectivity index (χ0) is 14.5. The molecule has 2 heterocycles. The molecule has 2 saturated carbocycles. The van der Waals surface area contributed by atoms with Gasteiger partial charge in [0.15, 0.2) is 0 Å². The van der Waals surface area contributed by atoms with Crippen molar-refractivity contribution in [3.8, 4) is 0 Å². The molecule has 0 spiro atoms. The van der Waals surface area contributed by atoms with E-state index < -0.39 is 5.60 Å². The number of nitrogens with zero attached hydrogens (tertiary/aromatic N) is 2. The number of rotatable bonds is 4. The number of hydrogen-bond donors (Lipinski definition) is 2. The highest BCUT2D eigenvalue weighted by Gasteiger charge is 2.60. The minimum absolute atomic E-state index is 0.0319. The van der Waals surface area contributed by atoms with Crippen LogP contribution in [0.25, 0.3) is 0 Å². The SMILES string of the molecule is O=C(NCC1(C2(O)CCC2)CC1)C1CCCn2nccc21. The fraction of sp³-hybridized carbons (Fsp3) is 0.750. The lowest BCUT2D eigenvalue weighted by Gasteiger charge is -2.44. The Kier molecular flexibility index (Phi) is 2.89. The zero-order valence-electron chi connectivity index (χ0n) is 12.3. The van der Waals surface area contributed by atoms with Gasteiger partial charge in [0.05, 0.1) is 17.2 Å². The molecule has 0 radical (unpaired) electrons. The predicted octanol–water partition coefficient (Wildman–Crippen LogP) is 1.57. The zero-order valence-corrected chi connectivity index (χ0v) is 12.3. The highest BCUT2D eigenvalue weighted by Crippen LogP contribution is 2.60. The highest BCUT2D eigenvalue weighted by molar-refractivity contribution is 5.83. The van der Waals surface area contributed by atoms with Gasteiger partial charge >= 0.3 is 0 Å². The Balaban J connectivity index is 1.41. The van der Waals surface area contributed by atoms with Crippen molar-refractivity contribution < 1.29 is 9.90 Å². The minimum atomic E-state index is -0.505. The summed E-state index contributed by atoms with van der Waals surface area (Å²) in [7, 11) is 0. The van der Waals surface area contributed by atoms with Crippen LogP contribution in [0.2, 0.25) is 0 Å². The lowest BCUT2D eigenvalue weighted by atomic mass is 9.68. The van der Waals surface area contributed by atoms with Crippen LogP contribution in [0.5, 0.6) is 0 Å². The summed E-state index contributed by atoms with van der Waals surface area (Å²) in [6.45, 7) is 1.54. The molecule has 1 aromatic heterocycles. The summed E-state index contributed by atoms with van der Waals surface area (Å²) in [5.41, 5.74) is 0.496. The third-order valence-corrected chi connectivity index (χ3v) is 5.91. The molecule has 114 valence electrons. The van der Waals surface area contributed by atoms with Gasteiger partial charge in [-0.15, -0.1) is 0 Å². The van der Waals surface area contributed by atoms with Gasteiger partial charge in [-0.2, -0.15) is 5.10 Å². The first-order valence-electron chi connectivity index (χ1n) is 8.15. The Morgan fingerprint density at radius 3 is 2.86 bits per heavy atom. The number of nitrogens with one attached hydrogen (secondary N) is 1. The van der Waals surface area contributed by atoms with Crippen molar-refractivity contribution in [2.45, 2.75) is 63.0 Å². The molecule has 1 atom stereocenters. The van der Waals surface area contributed by atoms with E-state index in [1.165, 1.54) is 0 Å². The summed E-state index contributed by atoms with van der Waals surface area (Å²) < 4.78 is 1.94. The van der Waals surface area contributed by atoms with E-state index in [0.717, 1.165) is 57.2 Å². The van der Waals surface area contributed by atoms with Gasteiger partial charge in [0.2, 0.25) is 5.91 Å². The maximum Gasteiger partial charge on any atom is 0.229 e. The van der Waals surface area contributed by atoms with Crippen LogP contribution in [-0.2, 0) is 11.3 Å². The van der Waals surface area contributed by atoms with E-state index in [0.29, 0.717) is 6.54 Å². The molecule has 1 unspecified atom stereocenters. The van der Waals surface area contributed by atoms with Crippen LogP contribution in [0.3, 0.4) is 0 Å². The highest BCUT2D eigenvalue weighted by atomic mass is 16.3. The summed E-state index contributed by atoms with van der Waals surface area (Å²) in [6, 6.07) is 1.95. The predicted molar refractivity (Wildman–Crippen MR) is 77.7 cm³/mol. The average molecular weight is 289 g/mol. The molecule has 2 fully saturated rings. The summed E-state index contributed by atoms with van der Waals surface area (Å²) in [5, 5.41) is 18.0. The topological polar surface area (TPSA) is 67.2 Å². The summed E-state index contributed by atoms with van der Waals surface area (Å²) in [5.74, 6) is 0.0266. The van der Waals surface area contributed by atoms with Crippen molar-refractivity contribution in [2.75, 3.05) is 6.54 Å². The molecule has 4 rings (SSSR count). The molecule has 21 heavy (non-hydrogen) atoms. The third-order valence-electron chi connectivity index (χ3n) is 5.91. The number of carbonyl (C=O) groups is 1. The number of aromatic nitrogens is 2. The minimum Gasteiger partial charge on any atom is -0.389 e. The van der Waals surface area contributed by atoms with Crippen molar-refractivity contribution in [1.29, 1.82) is 0 Å². The maximum atomic E-state index is 12.5. The number of aliphatic hydroxyl groups is 1. The largest absolute Gasteiger partial charge is 0.389 e. The van der Waals surface area contributed by atoms with Crippen molar-refractivity contribution in [2.24, 2.45) is 5.41 Å². The second kappa shape index (κ2) is 4.57. The fourth-order valence-electron chi connectivity index (χ4n) is 4.06. The number of fused-ring (bicyclic) bond motifs is 1. The first-order chi connectivity index (χ1) is 10.1. The number of hydrogen-bond acceptors (Lipinski definition) is 3. The molecule has 5 heteroatoms. The van der Waals surface area contributed by atoms with Crippen molar-refractivity contribution >= 4 is 5.91 Å². The van der Waals surface area contributed by atoms with Crippen molar-refractivity contribution in [3.05, 3.63) is 18.0 Å². The summed E-state index contributed by atoms with van der Waals surface area (Å²) >= 11 is 0. The smallest absolute Gasteiger partial charge is 0.229 e. The van der Waals surface area contributed by atoms with Gasteiger partial charge in [-0.25, -0.2) is 0 Å². The van der Waals surface area contributed by atoms with E-state index in [-0.39, 0.29) is 17.2 Å². The number of carbonyl (C=O) groups excluding carboxylic acids is 1. The Morgan fingerprint density at radius 2 is 2.19 bits per heavy atom. The van der Waals surface area contributed by atoms with E-state index in [1.54, 1.807) is 6.20 Å². The van der Waals surface area contributed by atoms with E-state index in [4.69, 9.17) is 0 Å². The molecule has 2 aliphatic carbocycles. The molecule has 0 aromatic carbocycles. The van der Waals surface area contributed by atoms with Gasteiger partial charge in [0, 0.05) is 24.7 Å². The number of amides is 1. The molecular formula is C16H23N3O2. The van der Waals surface area contributed by atoms with Crippen LogP contribution in [0.15, 0.2) is 12.3 Å². The molecular weight excluding hydrogens is 266 g/mol. The summed E-state index contributed by atoms with van der Waals surface area (Å²) in [6.07, 6.45) is 8.70. The molecule has 1 aromatic rings. The first kappa shape index (κ1) is 13.3. The van der Waals surface area contributed by atoms with Gasteiger partial charge < -0.3 is 10.4 Å². The first-order valence-corrected chi connectivity index (χ1v) is 8.15. The quantitative estimate of drug-likeness (QED) is 0.884. The van der Waals surface area contributed by atoms with E-state index in [9.17, 15) is 9.90 Å². The van der Waals surface area contributed by atoms with Crippen molar-refractivity contribution in [3.63, 3.8) is 0 Å². The molecule has 2 N–H and O–H groups in total. The second-order valence-corrected chi connectivity index (χ2v) is 7.06. The molecule has 3 aliphatic rings. The van der Waals surface area contributed by atoms with Crippen LogP contribution < -0.4 is 5.32 Å². The molecule has 0 bridgehead atoms. The van der Waals surface area contributed by atoms with E-state index in [2.05, 4.69) is 10.4 Å². The van der Waals surface area contributed by atoms with Crippen LogP contribution >= 0.6 is 0 Å². The van der Waals surface area contributed by atoms with Gasteiger partial charge in [0.1, 0.15) is 0 Å². The summed E-state index contributed by atoms with van der Waals surface area (Å²) in [4.78, 5) is 12.5. The van der Waals surface area contributed by atoms with Crippen LogP contribution in [0.4, 0.5) is 0 Å². The Bertz CT molecular complexity index is 558. The number of aryl methyl sites for hydroxylation is 1. The normalized spacial score (nSPS) is 28.3. The van der Waals surface area contributed by atoms with E-state index >= 15 is 0 Å². The van der Waals surface area contributed by atoms with Crippen molar-refractivity contribution in [1.82, 2.24) is 15.1 Å². The fourth-order valence-corrected chi connectivity index (χ4v) is 4.06. The lowest BCUT2D eigenvalue weighted by Crippen LogP contribution is -2.51. The monoisotopic (exact) mass is 289 g/mol. The Labute approximate surface area is 124 Å². The van der Waals surface area contributed by atoms with Gasteiger partial charge in [-0.1, -0.05) is 0 Å². The van der Waals surface area contributed by atoms with Crippen LogP contribution in [0, 0.1) is 5.41 Å². The molecule has 0 saturated heterocycles. The maximum absolute atomic E-state index is 12.5. The Morgan fingerprint density at radius 1 is 1.38 bits per heavy atom. The molecule has 1 aliphatic heterocycles. The van der Waals surface area contributed by atoms with Crippen LogP contribution in [-0.4, -0.2) is 32.9 Å². The van der Waals surface area contributed by atoms with Crippen LogP contribution in [0.1, 0.15) is 56.6 Å². The van der Waals surface area contributed by atoms with Gasteiger partial charge in [-0.3, -0.25) is 9.48 Å². The third kappa shape index (κ3) is 2.01. The standard InChI is InChI=1S/C16H23N3O2/c20-14(12-3-1-10-19-13(12)4-9-18-19)17-11-15(7-8-15)16(21)5-2-6-16/h4,9,12,21H,1-3,5-8,10-11H2,(H,17,20). The van der Waals surface area contributed by atoms with Gasteiger partial charge in [0.25, 0.3) is 0 Å². The van der Waals surface area contributed by atoms with E-state index in [1.807, 2.05) is 10.7 Å². The Hall–Kier alpha value is -1.36. The molecule has 1 amide bonds. The average Bonchev–Trinajstić information content (AvgIpc) is 3.10. The molecule has 5 nitrogen and oxygen atoms in total. The lowest BCUT2D eigenvalue weighted by molar-refractivity contribution is -0.126. The second-order valence-electron chi connectivity index (χ2n) is 7.06.